The molecular weight excluding hydrogens is 849 g/mol. The van der Waals surface area contributed by atoms with Gasteiger partial charge in [0.1, 0.15) is 16.7 Å². The molecule has 7 rings (SSSR count). The molecule has 6 aromatic rings. The number of nitrogens with zero attached hydrogens (tertiary/aromatic N) is 2. The minimum atomic E-state index is -4.89. The van der Waals surface area contributed by atoms with Crippen molar-refractivity contribution in [1.82, 2.24) is 0 Å². The van der Waals surface area contributed by atoms with Crippen LogP contribution in [-0.2, 0) is 29.8 Å². The van der Waals surface area contributed by atoms with Crippen molar-refractivity contribution >= 4 is 58.1 Å². The van der Waals surface area contributed by atoms with E-state index in [1.165, 1.54) is 12.1 Å². The molecule has 0 spiro atoms. The van der Waals surface area contributed by atoms with Crippen LogP contribution >= 0.6 is 0 Å². The number of rotatable bonds is 16. The number of anilines is 2. The van der Waals surface area contributed by atoms with Crippen LogP contribution in [0.2, 0.25) is 0 Å². The molecule has 0 heterocycles. The molecule has 0 N–H and O–H groups in total. The van der Waals surface area contributed by atoms with Crippen LogP contribution in [0.1, 0.15) is 50.7 Å². The number of sulfone groups is 2. The van der Waals surface area contributed by atoms with E-state index in [0.29, 0.717) is 41.2 Å². The van der Waals surface area contributed by atoms with Gasteiger partial charge in [0, 0.05) is 54.2 Å². The Morgan fingerprint density at radius 1 is 0.540 bits per heavy atom. The van der Waals surface area contributed by atoms with Crippen LogP contribution < -0.4 is 4.90 Å². The molecular formula is C51H48N2O7S3. The third-order valence-corrected chi connectivity index (χ3v) is 15.2. The molecule has 1 aliphatic carbocycles. The quantitative estimate of drug-likeness (QED) is 0.0693. The number of allylic oxidation sites excluding steroid dienone is 5. The van der Waals surface area contributed by atoms with Gasteiger partial charge in [-0.2, -0.15) is 4.58 Å². The summed E-state index contributed by atoms with van der Waals surface area (Å²) < 4.78 is 94.7. The Morgan fingerprint density at radius 2 is 1.08 bits per heavy atom. The highest BCUT2D eigenvalue weighted by atomic mass is 32.2. The van der Waals surface area contributed by atoms with Crippen LogP contribution in [0.15, 0.2) is 212 Å². The molecule has 0 bridgehead atoms. The number of unbranched alkanes of at least 4 members (excludes halogenated alkanes) is 2. The lowest BCUT2D eigenvalue weighted by molar-refractivity contribution is -0.439. The standard InChI is InChI=1S/C51H48N2O7S3/c1-3-5-35-52(43-17-15-23-47(37-43)61(54,55)45-19-9-7-10-20-45)41-31-27-39(28-32-41)51(49-25-13-14-26-50(49)63(58,59)60)40-29-33-42(34-30-40)53(36-6-4-2)44-18-16-24-48(38-44)62(56,57)46-21-11-8-12-22-46/h7-34,37-38H,3-6,35-36H2,1-2H3. The largest absolute Gasteiger partial charge is 0.744 e. The molecule has 0 amide bonds. The van der Waals surface area contributed by atoms with Gasteiger partial charge in [0.2, 0.25) is 31.1 Å². The average molecular weight is 897 g/mol. The van der Waals surface area contributed by atoms with Crippen molar-refractivity contribution < 1.29 is 34.4 Å². The first-order chi connectivity index (χ1) is 30.3. The Kier molecular flexibility index (Phi) is 13.9. The Morgan fingerprint density at radius 3 is 1.67 bits per heavy atom. The van der Waals surface area contributed by atoms with Crippen LogP contribution in [0.25, 0.3) is 5.57 Å². The Labute approximate surface area is 371 Å². The summed E-state index contributed by atoms with van der Waals surface area (Å²) in [6.45, 7) is 5.38. The van der Waals surface area contributed by atoms with Gasteiger partial charge in [-0.15, -0.1) is 0 Å². The highest BCUT2D eigenvalue weighted by molar-refractivity contribution is 7.91. The third-order valence-electron chi connectivity index (χ3n) is 10.8. The van der Waals surface area contributed by atoms with E-state index in [1.54, 1.807) is 109 Å². The van der Waals surface area contributed by atoms with Gasteiger partial charge in [0.05, 0.1) is 24.5 Å². The van der Waals surface area contributed by atoms with Gasteiger partial charge in [0.15, 0.2) is 0 Å². The molecule has 0 saturated carbocycles. The van der Waals surface area contributed by atoms with E-state index < -0.39 is 29.8 Å². The highest BCUT2D eigenvalue weighted by Gasteiger charge is 2.24. The molecule has 12 heteroatoms. The summed E-state index contributed by atoms with van der Waals surface area (Å²) in [5.41, 5.74) is 5.07. The second-order valence-corrected chi connectivity index (χ2v) is 20.3. The maximum absolute atomic E-state index is 13.6. The molecule has 9 nitrogen and oxygen atoms in total. The number of benzene rings is 6. The summed E-state index contributed by atoms with van der Waals surface area (Å²) in [5, 5.41) is 0. The number of hydrogen-bond donors (Lipinski definition) is 0. The van der Waals surface area contributed by atoms with E-state index in [1.807, 2.05) is 60.7 Å². The normalized spacial score (nSPS) is 12.9. The molecule has 322 valence electrons. The Balaban J connectivity index is 1.31. The zero-order valence-electron chi connectivity index (χ0n) is 35.0. The van der Waals surface area contributed by atoms with Crippen molar-refractivity contribution in [3.63, 3.8) is 0 Å². The van der Waals surface area contributed by atoms with E-state index in [4.69, 9.17) is 0 Å². The van der Waals surface area contributed by atoms with Gasteiger partial charge in [-0.1, -0.05) is 106 Å². The first-order valence-corrected chi connectivity index (χ1v) is 25.2. The minimum Gasteiger partial charge on any atom is -0.744 e. The van der Waals surface area contributed by atoms with Gasteiger partial charge in [-0.05, 0) is 102 Å². The van der Waals surface area contributed by atoms with E-state index >= 15 is 0 Å². The van der Waals surface area contributed by atoms with Crippen molar-refractivity contribution in [1.29, 1.82) is 0 Å². The molecule has 0 atom stereocenters. The van der Waals surface area contributed by atoms with E-state index in [9.17, 15) is 29.8 Å². The second-order valence-electron chi connectivity index (χ2n) is 15.1. The lowest BCUT2D eigenvalue weighted by atomic mass is 9.90. The van der Waals surface area contributed by atoms with Crippen LogP contribution in [0.3, 0.4) is 0 Å². The topological polar surface area (TPSA) is 132 Å². The highest BCUT2D eigenvalue weighted by Crippen LogP contribution is 2.37. The molecule has 0 saturated heterocycles. The van der Waals surface area contributed by atoms with Crippen LogP contribution in [0.4, 0.5) is 17.1 Å². The van der Waals surface area contributed by atoms with Crippen LogP contribution in [-0.4, -0.2) is 53.2 Å². The summed E-state index contributed by atoms with van der Waals surface area (Å²) in [6, 6.07) is 44.2. The first-order valence-electron chi connectivity index (χ1n) is 20.8. The van der Waals surface area contributed by atoms with Crippen molar-refractivity contribution in [3.05, 3.63) is 199 Å². The van der Waals surface area contributed by atoms with Crippen LogP contribution in [0.5, 0.6) is 0 Å². The maximum Gasteiger partial charge on any atom is 0.206 e. The van der Waals surface area contributed by atoms with Crippen molar-refractivity contribution in [2.24, 2.45) is 0 Å². The zero-order valence-corrected chi connectivity index (χ0v) is 37.5. The van der Waals surface area contributed by atoms with Crippen LogP contribution in [0, 0.1) is 0 Å². The molecule has 1 aliphatic rings. The lowest BCUT2D eigenvalue weighted by Crippen LogP contribution is -2.19. The Hall–Kier alpha value is -6.18. The van der Waals surface area contributed by atoms with E-state index in [0.717, 1.165) is 37.1 Å². The van der Waals surface area contributed by atoms with Crippen molar-refractivity contribution in [3.8, 4) is 0 Å². The smallest absolute Gasteiger partial charge is 0.206 e. The van der Waals surface area contributed by atoms with Gasteiger partial charge in [0.25, 0.3) is 0 Å². The fourth-order valence-corrected chi connectivity index (χ4v) is 10.9. The van der Waals surface area contributed by atoms with Gasteiger partial charge in [-0.25, -0.2) is 25.3 Å². The fourth-order valence-electron chi connectivity index (χ4n) is 7.54. The second kappa shape index (κ2) is 19.5. The summed E-state index contributed by atoms with van der Waals surface area (Å²) >= 11 is 0. The van der Waals surface area contributed by atoms with E-state index in [-0.39, 0.29) is 30.0 Å². The van der Waals surface area contributed by atoms with Gasteiger partial charge < -0.3 is 9.45 Å². The predicted octanol–water partition coefficient (Wildman–Crippen LogP) is 10.7. The zero-order chi connectivity index (χ0) is 44.6. The molecule has 0 aliphatic heterocycles. The lowest BCUT2D eigenvalue weighted by Gasteiger charge is -2.26. The molecule has 0 unspecified atom stereocenters. The average Bonchev–Trinajstić information content (AvgIpc) is 3.31. The minimum absolute atomic E-state index is 0.178. The van der Waals surface area contributed by atoms with Gasteiger partial charge in [-0.3, -0.25) is 0 Å². The molecule has 6 aromatic carbocycles. The summed E-state index contributed by atoms with van der Waals surface area (Å²) in [4.78, 5) is 2.48. The van der Waals surface area contributed by atoms with Crippen molar-refractivity contribution in [2.75, 3.05) is 18.0 Å². The summed E-state index contributed by atoms with van der Waals surface area (Å²) in [6.07, 6.45) is 11.0. The first kappa shape index (κ1) is 44.9. The predicted molar refractivity (Wildman–Crippen MR) is 248 cm³/mol. The fraction of sp³-hybridized carbons (Fsp3) is 0.157. The van der Waals surface area contributed by atoms with Crippen molar-refractivity contribution in [2.45, 2.75) is 64.0 Å². The SMILES string of the molecule is CCCCN(c1ccc(C(=C2C=CC(=[N+](CCCC)c3cccc(S(=O)(=O)c4ccccc4)c3)C=C2)c2ccccc2S(=O)(=O)[O-])cc1)c1cccc(S(=O)(=O)c2ccccc2)c1. The van der Waals surface area contributed by atoms with Gasteiger partial charge >= 0.3 is 0 Å². The third kappa shape index (κ3) is 10.1. The van der Waals surface area contributed by atoms with E-state index in [2.05, 4.69) is 23.3 Å². The molecule has 0 fully saturated rings. The number of hydrogen-bond acceptors (Lipinski definition) is 8. The molecule has 0 aromatic heterocycles. The summed E-state index contributed by atoms with van der Waals surface area (Å²) in [7, 11) is -12.4. The monoisotopic (exact) mass is 896 g/mol. The Bertz CT molecular complexity index is 3050. The molecule has 63 heavy (non-hydrogen) atoms. The maximum atomic E-state index is 13.6. The molecule has 0 radical (unpaired) electrons. The summed E-state index contributed by atoms with van der Waals surface area (Å²) in [5.74, 6) is 0.